The number of para-hydroxylation sites is 2. The van der Waals surface area contributed by atoms with E-state index in [-0.39, 0.29) is 6.03 Å². The Bertz CT molecular complexity index is 481. The lowest BCUT2D eigenvalue weighted by Gasteiger charge is -2.24. The topological polar surface area (TPSA) is 62.8 Å². The number of amides is 2. The molecule has 1 fully saturated rings. The number of rotatable bonds is 7. The molecule has 1 aromatic rings. The van der Waals surface area contributed by atoms with Crippen LogP contribution >= 0.6 is 0 Å². The molecular weight excluding hydrogens is 282 g/mol. The Morgan fingerprint density at radius 2 is 2.18 bits per heavy atom. The number of hydrogen-bond acceptors (Lipinski definition) is 4. The summed E-state index contributed by atoms with van der Waals surface area (Å²) in [6.07, 6.45) is 2.28. The second-order valence-corrected chi connectivity index (χ2v) is 5.36. The van der Waals surface area contributed by atoms with E-state index in [2.05, 4.69) is 15.5 Å². The highest BCUT2D eigenvalue weighted by Crippen LogP contribution is 2.22. The quantitative estimate of drug-likeness (QED) is 0.808. The van der Waals surface area contributed by atoms with Gasteiger partial charge in [0.05, 0.1) is 19.4 Å². The van der Waals surface area contributed by atoms with E-state index in [1.54, 1.807) is 14.2 Å². The molecule has 1 unspecified atom stereocenters. The van der Waals surface area contributed by atoms with Gasteiger partial charge < -0.3 is 20.1 Å². The third-order valence-corrected chi connectivity index (χ3v) is 3.94. The minimum atomic E-state index is -0.205. The fourth-order valence-electron chi connectivity index (χ4n) is 2.75. The van der Waals surface area contributed by atoms with Crippen molar-refractivity contribution in [2.45, 2.75) is 18.9 Å². The summed E-state index contributed by atoms with van der Waals surface area (Å²) in [5.74, 6) is 0.653. The first-order valence-electron chi connectivity index (χ1n) is 7.65. The number of benzene rings is 1. The van der Waals surface area contributed by atoms with E-state index >= 15 is 0 Å². The van der Waals surface area contributed by atoms with Crippen LogP contribution in [0.2, 0.25) is 0 Å². The minimum absolute atomic E-state index is 0.205. The third kappa shape index (κ3) is 4.61. The number of likely N-dealkylation sites (tertiary alicyclic amines) is 1. The summed E-state index contributed by atoms with van der Waals surface area (Å²) in [5.41, 5.74) is 0.671. The molecular formula is C16H25N3O3. The molecule has 2 N–H and O–H groups in total. The van der Waals surface area contributed by atoms with Gasteiger partial charge in [-0.05, 0) is 31.5 Å². The Balaban J connectivity index is 1.80. The number of carbonyl (C=O) groups excluding carboxylic acids is 1. The summed E-state index contributed by atoms with van der Waals surface area (Å²) in [6.45, 7) is 3.36. The van der Waals surface area contributed by atoms with Gasteiger partial charge in [-0.25, -0.2) is 4.79 Å². The first-order valence-corrected chi connectivity index (χ1v) is 7.65. The van der Waals surface area contributed by atoms with Crippen LogP contribution in [0, 0.1) is 0 Å². The van der Waals surface area contributed by atoms with Crippen molar-refractivity contribution in [3.63, 3.8) is 0 Å². The zero-order valence-electron chi connectivity index (χ0n) is 13.3. The third-order valence-electron chi connectivity index (χ3n) is 3.94. The lowest BCUT2D eigenvalue weighted by Crippen LogP contribution is -2.42. The molecule has 2 rings (SSSR count). The van der Waals surface area contributed by atoms with Gasteiger partial charge in [-0.3, -0.25) is 4.90 Å². The standard InChI is InChI=1S/C16H25N3O3/c1-21-11-10-19-9-5-6-13(19)12-17-16(20)18-14-7-3-4-8-15(14)22-2/h3-4,7-8,13H,5-6,9-12H2,1-2H3,(H2,17,18,20). The van der Waals surface area contributed by atoms with E-state index in [9.17, 15) is 4.79 Å². The van der Waals surface area contributed by atoms with Crippen LogP contribution in [0.25, 0.3) is 0 Å². The monoisotopic (exact) mass is 307 g/mol. The average molecular weight is 307 g/mol. The van der Waals surface area contributed by atoms with Crippen molar-refractivity contribution in [1.29, 1.82) is 0 Å². The molecule has 1 aliphatic rings. The van der Waals surface area contributed by atoms with Gasteiger partial charge in [-0.15, -0.1) is 0 Å². The number of urea groups is 1. The number of hydrogen-bond donors (Lipinski definition) is 2. The van der Waals surface area contributed by atoms with Crippen molar-refractivity contribution in [2.75, 3.05) is 45.8 Å². The van der Waals surface area contributed by atoms with E-state index in [0.717, 1.165) is 26.1 Å². The number of ether oxygens (including phenoxy) is 2. The fraction of sp³-hybridized carbons (Fsp3) is 0.562. The largest absolute Gasteiger partial charge is 0.495 e. The average Bonchev–Trinajstić information content (AvgIpc) is 2.99. The molecule has 6 nitrogen and oxygen atoms in total. The molecule has 0 bridgehead atoms. The SMILES string of the molecule is COCCN1CCCC1CNC(=O)Nc1ccccc1OC. The predicted molar refractivity (Wildman–Crippen MR) is 86.5 cm³/mol. The lowest BCUT2D eigenvalue weighted by molar-refractivity contribution is 0.140. The molecule has 0 radical (unpaired) electrons. The Morgan fingerprint density at radius 1 is 1.36 bits per heavy atom. The lowest BCUT2D eigenvalue weighted by atomic mass is 10.2. The molecule has 1 heterocycles. The van der Waals surface area contributed by atoms with E-state index in [0.29, 0.717) is 24.0 Å². The summed E-state index contributed by atoms with van der Waals surface area (Å²) in [7, 11) is 3.30. The molecule has 2 amide bonds. The molecule has 22 heavy (non-hydrogen) atoms. The van der Waals surface area contributed by atoms with Crippen LogP contribution in [-0.2, 0) is 4.74 Å². The van der Waals surface area contributed by atoms with E-state index in [1.165, 1.54) is 6.42 Å². The number of anilines is 1. The van der Waals surface area contributed by atoms with Gasteiger partial charge in [0.15, 0.2) is 0 Å². The highest BCUT2D eigenvalue weighted by atomic mass is 16.5. The fourth-order valence-corrected chi connectivity index (χ4v) is 2.75. The van der Waals surface area contributed by atoms with Crippen molar-refractivity contribution in [3.8, 4) is 5.75 Å². The van der Waals surface area contributed by atoms with Gasteiger partial charge in [0.1, 0.15) is 5.75 Å². The second kappa shape index (κ2) is 8.60. The number of nitrogens with zero attached hydrogens (tertiary/aromatic N) is 1. The van der Waals surface area contributed by atoms with E-state index < -0.39 is 0 Å². The smallest absolute Gasteiger partial charge is 0.319 e. The Hall–Kier alpha value is -1.79. The van der Waals surface area contributed by atoms with Crippen LogP contribution in [0.3, 0.4) is 0 Å². The van der Waals surface area contributed by atoms with Crippen LogP contribution in [-0.4, -0.2) is 57.4 Å². The Morgan fingerprint density at radius 3 is 2.95 bits per heavy atom. The van der Waals surface area contributed by atoms with Crippen molar-refractivity contribution in [1.82, 2.24) is 10.2 Å². The van der Waals surface area contributed by atoms with Crippen LogP contribution < -0.4 is 15.4 Å². The molecule has 0 aromatic heterocycles. The normalized spacial score (nSPS) is 18.2. The van der Waals surface area contributed by atoms with Gasteiger partial charge in [0.25, 0.3) is 0 Å². The van der Waals surface area contributed by atoms with Crippen LogP contribution in [0.4, 0.5) is 10.5 Å². The van der Waals surface area contributed by atoms with Gasteiger partial charge in [-0.2, -0.15) is 0 Å². The first kappa shape index (κ1) is 16.6. The molecule has 1 aromatic carbocycles. The van der Waals surface area contributed by atoms with E-state index in [4.69, 9.17) is 9.47 Å². The summed E-state index contributed by atoms with van der Waals surface area (Å²) in [4.78, 5) is 14.4. The van der Waals surface area contributed by atoms with Gasteiger partial charge in [-0.1, -0.05) is 12.1 Å². The maximum atomic E-state index is 12.0. The van der Waals surface area contributed by atoms with Crippen molar-refractivity contribution < 1.29 is 14.3 Å². The highest BCUT2D eigenvalue weighted by Gasteiger charge is 2.24. The van der Waals surface area contributed by atoms with Crippen molar-refractivity contribution in [2.24, 2.45) is 0 Å². The van der Waals surface area contributed by atoms with Crippen molar-refractivity contribution in [3.05, 3.63) is 24.3 Å². The molecule has 122 valence electrons. The highest BCUT2D eigenvalue weighted by molar-refractivity contribution is 5.90. The Labute approximate surface area is 131 Å². The van der Waals surface area contributed by atoms with Gasteiger partial charge in [0.2, 0.25) is 0 Å². The van der Waals surface area contributed by atoms with Gasteiger partial charge in [0, 0.05) is 26.2 Å². The zero-order valence-corrected chi connectivity index (χ0v) is 13.3. The summed E-state index contributed by atoms with van der Waals surface area (Å²) >= 11 is 0. The summed E-state index contributed by atoms with van der Waals surface area (Å²) in [5, 5.41) is 5.77. The molecule has 0 spiro atoms. The first-order chi connectivity index (χ1) is 10.7. The predicted octanol–water partition coefficient (Wildman–Crippen LogP) is 1.93. The molecule has 1 saturated heterocycles. The Kier molecular flexibility index (Phi) is 6.48. The summed E-state index contributed by atoms with van der Waals surface area (Å²) in [6, 6.07) is 7.55. The molecule has 0 saturated carbocycles. The van der Waals surface area contributed by atoms with Crippen LogP contribution in [0.5, 0.6) is 5.75 Å². The molecule has 1 aliphatic heterocycles. The second-order valence-electron chi connectivity index (χ2n) is 5.36. The summed E-state index contributed by atoms with van der Waals surface area (Å²) < 4.78 is 10.3. The van der Waals surface area contributed by atoms with Crippen LogP contribution in [0.1, 0.15) is 12.8 Å². The minimum Gasteiger partial charge on any atom is -0.495 e. The number of methoxy groups -OCH3 is 2. The van der Waals surface area contributed by atoms with Gasteiger partial charge >= 0.3 is 6.03 Å². The van der Waals surface area contributed by atoms with Crippen molar-refractivity contribution >= 4 is 11.7 Å². The number of carbonyl (C=O) groups is 1. The maximum Gasteiger partial charge on any atom is 0.319 e. The van der Waals surface area contributed by atoms with Crippen LogP contribution in [0.15, 0.2) is 24.3 Å². The molecule has 0 aliphatic carbocycles. The molecule has 6 heteroatoms. The maximum absolute atomic E-state index is 12.0. The van der Waals surface area contributed by atoms with E-state index in [1.807, 2.05) is 24.3 Å². The molecule has 1 atom stereocenters. The number of nitrogens with one attached hydrogen (secondary N) is 2. The zero-order chi connectivity index (χ0) is 15.8.